The van der Waals surface area contributed by atoms with E-state index < -0.39 is 0 Å². The molecule has 0 amide bonds. The summed E-state index contributed by atoms with van der Waals surface area (Å²) in [6.45, 7) is 4.58. The first kappa shape index (κ1) is 15.2. The monoisotopic (exact) mass is 226 g/mol. The zero-order chi connectivity index (χ0) is 11.2. The van der Waals surface area contributed by atoms with Crippen LogP contribution in [0.25, 0.3) is 0 Å². The first-order valence-corrected chi connectivity index (χ1v) is 8.54. The van der Waals surface area contributed by atoms with Gasteiger partial charge in [0.15, 0.2) is 0 Å². The van der Waals surface area contributed by atoms with E-state index in [1.54, 1.807) is 0 Å². The molecule has 0 aliphatic rings. The molecule has 0 unspecified atom stereocenters. The molecule has 0 saturated heterocycles. The molecule has 0 aliphatic heterocycles. The summed E-state index contributed by atoms with van der Waals surface area (Å²) in [7, 11) is 1.26. The van der Waals surface area contributed by atoms with Crippen LogP contribution in [0.3, 0.4) is 0 Å². The second-order valence-corrected chi connectivity index (χ2v) is 6.08. The van der Waals surface area contributed by atoms with Gasteiger partial charge in [0.2, 0.25) is 0 Å². The van der Waals surface area contributed by atoms with Gasteiger partial charge in [-0.05, 0) is 0 Å². The van der Waals surface area contributed by atoms with E-state index in [1.165, 1.54) is 85.8 Å². The van der Waals surface area contributed by atoms with Gasteiger partial charge in [0.25, 0.3) is 0 Å². The lowest BCUT2D eigenvalue weighted by Gasteiger charge is -2.01. The predicted molar refractivity (Wildman–Crippen MR) is 72.9 cm³/mol. The molecule has 0 bridgehead atoms. The molecule has 2 radical (unpaired) electrons. The number of unbranched alkanes of at least 4 members (excludes halogenated alkanes) is 8. The minimum Gasteiger partial charge on any atom is -0.0654 e. The molecule has 90 valence electrons. The van der Waals surface area contributed by atoms with Crippen LogP contribution < -0.4 is 0 Å². The standard InChI is InChI=1S/C14H30Si/c1-3-5-7-9-10-12-14-15-13-11-8-6-4-2/h3-14H2,1-2H3. The van der Waals surface area contributed by atoms with Crippen LogP contribution >= 0.6 is 0 Å². The molecule has 0 fully saturated rings. The molecule has 1 heteroatoms. The molecular formula is C14H30Si. The third-order valence-corrected chi connectivity index (χ3v) is 4.33. The van der Waals surface area contributed by atoms with Gasteiger partial charge in [-0.1, -0.05) is 90.1 Å². The van der Waals surface area contributed by atoms with Crippen LogP contribution in [-0.2, 0) is 0 Å². The Morgan fingerprint density at radius 3 is 1.47 bits per heavy atom. The van der Waals surface area contributed by atoms with Crippen LogP contribution in [0.2, 0.25) is 12.1 Å². The quantitative estimate of drug-likeness (QED) is 0.306. The van der Waals surface area contributed by atoms with Gasteiger partial charge in [-0.25, -0.2) is 0 Å². The van der Waals surface area contributed by atoms with Crippen molar-refractivity contribution in [3.05, 3.63) is 0 Å². The Labute approximate surface area is 100 Å². The fraction of sp³-hybridized carbons (Fsp3) is 1.00. The molecule has 0 nitrogen and oxygen atoms in total. The molecule has 15 heavy (non-hydrogen) atoms. The zero-order valence-corrected chi connectivity index (χ0v) is 12.0. The van der Waals surface area contributed by atoms with Crippen LogP contribution in [0, 0.1) is 0 Å². The molecule has 0 spiro atoms. The first-order valence-electron chi connectivity index (χ1n) is 7.12. The molecule has 0 aliphatic carbocycles. The molecular weight excluding hydrogens is 196 g/mol. The zero-order valence-electron chi connectivity index (χ0n) is 11.0. The van der Waals surface area contributed by atoms with Gasteiger partial charge < -0.3 is 0 Å². The van der Waals surface area contributed by atoms with E-state index in [9.17, 15) is 0 Å². The van der Waals surface area contributed by atoms with Gasteiger partial charge in [0.1, 0.15) is 0 Å². The van der Waals surface area contributed by atoms with Crippen molar-refractivity contribution in [1.29, 1.82) is 0 Å². The van der Waals surface area contributed by atoms with E-state index >= 15 is 0 Å². The first-order chi connectivity index (χ1) is 7.41. The second kappa shape index (κ2) is 14.2. The molecule has 0 rings (SSSR count). The summed E-state index contributed by atoms with van der Waals surface area (Å²) in [6, 6.07) is 3.02. The third-order valence-electron chi connectivity index (χ3n) is 2.91. The topological polar surface area (TPSA) is 0 Å². The highest BCUT2D eigenvalue weighted by atomic mass is 28.2. The van der Waals surface area contributed by atoms with E-state index in [1.807, 2.05) is 0 Å². The Hall–Kier alpha value is 0.217. The van der Waals surface area contributed by atoms with Crippen LogP contribution in [0.15, 0.2) is 0 Å². The molecule has 0 heterocycles. The fourth-order valence-corrected chi connectivity index (χ4v) is 3.08. The van der Waals surface area contributed by atoms with Crippen molar-refractivity contribution in [2.45, 2.75) is 90.1 Å². The van der Waals surface area contributed by atoms with Crippen molar-refractivity contribution in [3.8, 4) is 0 Å². The van der Waals surface area contributed by atoms with Crippen LogP contribution in [0.1, 0.15) is 78.1 Å². The van der Waals surface area contributed by atoms with Crippen molar-refractivity contribution >= 4 is 9.52 Å². The second-order valence-electron chi connectivity index (χ2n) is 4.58. The van der Waals surface area contributed by atoms with Gasteiger partial charge in [0.05, 0.1) is 0 Å². The Kier molecular flexibility index (Phi) is 14.4. The van der Waals surface area contributed by atoms with Crippen molar-refractivity contribution in [2.24, 2.45) is 0 Å². The Balaban J connectivity index is 2.81. The Bertz CT molecular complexity index is 89.5. The van der Waals surface area contributed by atoms with E-state index in [4.69, 9.17) is 0 Å². The van der Waals surface area contributed by atoms with Crippen molar-refractivity contribution in [1.82, 2.24) is 0 Å². The van der Waals surface area contributed by atoms with Crippen molar-refractivity contribution in [2.75, 3.05) is 0 Å². The lowest BCUT2D eigenvalue weighted by Crippen LogP contribution is -1.89. The van der Waals surface area contributed by atoms with Gasteiger partial charge >= 0.3 is 0 Å². The summed E-state index contributed by atoms with van der Waals surface area (Å²) in [5, 5.41) is 0. The molecule has 0 N–H and O–H groups in total. The largest absolute Gasteiger partial charge is 0.0654 e. The lowest BCUT2D eigenvalue weighted by atomic mass is 10.1. The highest BCUT2D eigenvalue weighted by Crippen LogP contribution is 2.09. The summed E-state index contributed by atoms with van der Waals surface area (Å²) in [6.07, 6.45) is 14.5. The van der Waals surface area contributed by atoms with E-state index in [0.717, 1.165) is 0 Å². The van der Waals surface area contributed by atoms with Gasteiger partial charge in [-0.3, -0.25) is 0 Å². The molecule has 0 aromatic carbocycles. The summed E-state index contributed by atoms with van der Waals surface area (Å²) in [4.78, 5) is 0. The molecule has 0 aromatic rings. The predicted octanol–water partition coefficient (Wildman–Crippen LogP) is 5.47. The Morgan fingerprint density at radius 2 is 0.933 bits per heavy atom. The van der Waals surface area contributed by atoms with Crippen molar-refractivity contribution in [3.63, 3.8) is 0 Å². The van der Waals surface area contributed by atoms with Gasteiger partial charge in [0, 0.05) is 9.52 Å². The SMILES string of the molecule is CCCCCCCC[Si]CCCCCC. The van der Waals surface area contributed by atoms with Crippen LogP contribution in [-0.4, -0.2) is 9.52 Å². The lowest BCUT2D eigenvalue weighted by molar-refractivity contribution is 0.623. The van der Waals surface area contributed by atoms with Crippen molar-refractivity contribution < 1.29 is 0 Å². The van der Waals surface area contributed by atoms with E-state index in [-0.39, 0.29) is 0 Å². The maximum atomic E-state index is 2.29. The molecule has 0 atom stereocenters. The maximum absolute atomic E-state index is 2.29. The van der Waals surface area contributed by atoms with Gasteiger partial charge in [-0.2, -0.15) is 0 Å². The summed E-state index contributed by atoms with van der Waals surface area (Å²) in [5.41, 5.74) is 0. The average molecular weight is 226 g/mol. The summed E-state index contributed by atoms with van der Waals surface area (Å²) < 4.78 is 0. The molecule has 0 aromatic heterocycles. The minimum atomic E-state index is 1.26. The van der Waals surface area contributed by atoms with E-state index in [2.05, 4.69) is 13.8 Å². The van der Waals surface area contributed by atoms with E-state index in [0.29, 0.717) is 0 Å². The Morgan fingerprint density at radius 1 is 0.533 bits per heavy atom. The van der Waals surface area contributed by atoms with Gasteiger partial charge in [-0.15, -0.1) is 0 Å². The van der Waals surface area contributed by atoms with Crippen LogP contribution in [0.4, 0.5) is 0 Å². The molecule has 0 saturated carbocycles. The third kappa shape index (κ3) is 14.2. The summed E-state index contributed by atoms with van der Waals surface area (Å²) in [5.74, 6) is 0. The normalized spacial score (nSPS) is 10.8. The fourth-order valence-electron chi connectivity index (χ4n) is 1.83. The maximum Gasteiger partial charge on any atom is 0.0378 e. The number of hydrogen-bond acceptors (Lipinski definition) is 0. The summed E-state index contributed by atoms with van der Waals surface area (Å²) >= 11 is 0. The highest BCUT2D eigenvalue weighted by Gasteiger charge is 1.93. The highest BCUT2D eigenvalue weighted by molar-refractivity contribution is 6.35. The smallest absolute Gasteiger partial charge is 0.0378 e. The minimum absolute atomic E-state index is 1.26. The van der Waals surface area contributed by atoms with Crippen LogP contribution in [0.5, 0.6) is 0 Å². The number of hydrogen-bond donors (Lipinski definition) is 0. The average Bonchev–Trinajstić information content (AvgIpc) is 2.26. The number of rotatable bonds is 12.